The average molecular weight is 638 g/mol. The van der Waals surface area contributed by atoms with Gasteiger partial charge in [-0.3, -0.25) is 13.9 Å². The Morgan fingerprint density at radius 1 is 0.783 bits per heavy atom. The molecule has 0 unspecified atom stereocenters. The van der Waals surface area contributed by atoms with Crippen LogP contribution >= 0.6 is 0 Å². The fourth-order valence-electron chi connectivity index (χ4n) is 6.13. The fourth-order valence-corrected chi connectivity index (χ4v) is 7.63. The van der Waals surface area contributed by atoms with Gasteiger partial charge < -0.3 is 10.2 Å². The molecule has 0 bridgehead atoms. The molecular weight excluding hydrogens is 595 g/mol. The molecule has 4 aromatic carbocycles. The summed E-state index contributed by atoms with van der Waals surface area (Å²) >= 11 is 0. The lowest BCUT2D eigenvalue weighted by Crippen LogP contribution is -2.54. The topological polar surface area (TPSA) is 86.8 Å². The number of sulfonamides is 1. The summed E-state index contributed by atoms with van der Waals surface area (Å²) < 4.78 is 29.6. The number of rotatable bonds is 12. The van der Waals surface area contributed by atoms with Gasteiger partial charge in [0.05, 0.1) is 10.6 Å². The molecule has 0 spiro atoms. The summed E-state index contributed by atoms with van der Waals surface area (Å²) in [4.78, 5) is 30.4. The molecule has 0 heterocycles. The lowest BCUT2D eigenvalue weighted by molar-refractivity contribution is -0.140. The average Bonchev–Trinajstić information content (AvgIpc) is 3.56. The van der Waals surface area contributed by atoms with Gasteiger partial charge >= 0.3 is 0 Å². The van der Waals surface area contributed by atoms with Crippen molar-refractivity contribution in [2.45, 2.75) is 76.4 Å². The molecule has 46 heavy (non-hydrogen) atoms. The summed E-state index contributed by atoms with van der Waals surface area (Å²) in [6.07, 6.45) is 4.23. The van der Waals surface area contributed by atoms with Gasteiger partial charge in [0.1, 0.15) is 12.6 Å². The van der Waals surface area contributed by atoms with Crippen molar-refractivity contribution in [2.24, 2.45) is 0 Å². The minimum absolute atomic E-state index is 0.0623. The zero-order valence-corrected chi connectivity index (χ0v) is 27.7. The molecule has 0 radical (unpaired) electrons. The fraction of sp³-hybridized carbons (Fsp3) is 0.316. The van der Waals surface area contributed by atoms with E-state index in [1.54, 1.807) is 29.2 Å². The van der Waals surface area contributed by atoms with Crippen LogP contribution in [0.2, 0.25) is 0 Å². The number of carbonyl (C=O) groups is 2. The van der Waals surface area contributed by atoms with E-state index in [0.29, 0.717) is 12.1 Å². The van der Waals surface area contributed by atoms with Crippen molar-refractivity contribution >= 4 is 27.5 Å². The first-order valence-corrected chi connectivity index (χ1v) is 17.4. The highest BCUT2D eigenvalue weighted by Gasteiger charge is 2.36. The van der Waals surface area contributed by atoms with Gasteiger partial charge in [-0.2, -0.15) is 0 Å². The predicted octanol–water partition coefficient (Wildman–Crippen LogP) is 6.51. The second-order valence-electron chi connectivity index (χ2n) is 12.3. The molecule has 5 rings (SSSR count). The van der Waals surface area contributed by atoms with Crippen LogP contribution in [0.4, 0.5) is 5.69 Å². The summed E-state index contributed by atoms with van der Waals surface area (Å²) in [6, 6.07) is 30.4. The number of benzene rings is 4. The maximum absolute atomic E-state index is 14.7. The number of aryl methyl sites for hydroxylation is 3. The van der Waals surface area contributed by atoms with Crippen LogP contribution in [-0.4, -0.2) is 43.8 Å². The second kappa shape index (κ2) is 14.8. The molecular formula is C38H43N3O4S. The predicted molar refractivity (Wildman–Crippen MR) is 183 cm³/mol. The monoisotopic (exact) mass is 637 g/mol. The number of hydrogen-bond acceptors (Lipinski definition) is 4. The van der Waals surface area contributed by atoms with E-state index in [2.05, 4.69) is 5.32 Å². The smallest absolute Gasteiger partial charge is 0.264 e. The van der Waals surface area contributed by atoms with E-state index in [1.165, 1.54) is 16.4 Å². The van der Waals surface area contributed by atoms with Crippen molar-refractivity contribution in [3.05, 3.63) is 131 Å². The SMILES string of the molecule is Cc1ccc(CN(C(=O)CN(c2ccc(C)cc2C)S(=O)(=O)c2ccccc2)[C@@H](Cc2ccccc2)C(=O)NC2CCCC2)cc1. The van der Waals surface area contributed by atoms with E-state index in [-0.39, 0.29) is 23.4 Å². The standard InChI is InChI=1S/C38H43N3O4S/c1-28-18-21-32(22-19-28)26-40(36(25-31-12-6-4-7-13-31)38(43)39-33-14-10-11-15-33)37(42)27-41(35-23-20-29(2)24-30(35)3)46(44,45)34-16-8-5-9-17-34/h4-9,12-13,16-24,33,36H,10-11,14-15,25-27H2,1-3H3,(H,39,43)/t36-/m0/s1. The van der Waals surface area contributed by atoms with Crippen LogP contribution in [0.3, 0.4) is 0 Å². The normalized spacial score (nSPS) is 14.1. The van der Waals surface area contributed by atoms with Crippen LogP contribution in [0, 0.1) is 20.8 Å². The third kappa shape index (κ3) is 8.04. The van der Waals surface area contributed by atoms with E-state index >= 15 is 0 Å². The zero-order valence-electron chi connectivity index (χ0n) is 26.9. The van der Waals surface area contributed by atoms with Crippen molar-refractivity contribution in [3.8, 4) is 0 Å². The molecule has 1 N–H and O–H groups in total. The van der Waals surface area contributed by atoms with Crippen molar-refractivity contribution in [2.75, 3.05) is 10.8 Å². The van der Waals surface area contributed by atoms with Gasteiger partial charge in [0.15, 0.2) is 0 Å². The zero-order chi connectivity index (χ0) is 32.7. The molecule has 4 aromatic rings. The Balaban J connectivity index is 1.57. The number of nitrogens with one attached hydrogen (secondary N) is 1. The molecule has 1 aliphatic rings. The van der Waals surface area contributed by atoms with Crippen LogP contribution < -0.4 is 9.62 Å². The van der Waals surface area contributed by atoms with Gasteiger partial charge in [-0.1, -0.05) is 109 Å². The van der Waals surface area contributed by atoms with E-state index in [4.69, 9.17) is 0 Å². The Labute approximate surface area is 273 Å². The van der Waals surface area contributed by atoms with Crippen LogP contribution in [-0.2, 0) is 32.6 Å². The van der Waals surface area contributed by atoms with E-state index in [0.717, 1.165) is 53.5 Å². The molecule has 0 aromatic heterocycles. The Morgan fingerprint density at radius 2 is 1.39 bits per heavy atom. The molecule has 0 saturated heterocycles. The molecule has 7 nitrogen and oxygen atoms in total. The van der Waals surface area contributed by atoms with E-state index < -0.39 is 28.5 Å². The van der Waals surface area contributed by atoms with Gasteiger partial charge in [-0.05, 0) is 68.5 Å². The summed E-state index contributed by atoms with van der Waals surface area (Å²) in [7, 11) is -4.13. The third-order valence-electron chi connectivity index (χ3n) is 8.68. The van der Waals surface area contributed by atoms with Gasteiger partial charge in [0.25, 0.3) is 10.0 Å². The Hall–Kier alpha value is -4.43. The lowest BCUT2D eigenvalue weighted by Gasteiger charge is -2.34. The maximum atomic E-state index is 14.7. The Kier molecular flexibility index (Phi) is 10.6. The number of hydrogen-bond donors (Lipinski definition) is 1. The highest BCUT2D eigenvalue weighted by atomic mass is 32.2. The van der Waals surface area contributed by atoms with Gasteiger partial charge in [-0.25, -0.2) is 8.42 Å². The molecule has 0 aliphatic heterocycles. The van der Waals surface area contributed by atoms with Crippen molar-refractivity contribution < 1.29 is 18.0 Å². The first-order chi connectivity index (χ1) is 22.1. The largest absolute Gasteiger partial charge is 0.352 e. The van der Waals surface area contributed by atoms with Gasteiger partial charge in [0, 0.05) is 19.0 Å². The molecule has 1 atom stereocenters. The molecule has 2 amide bonds. The number of carbonyl (C=O) groups excluding carboxylic acids is 2. The second-order valence-corrected chi connectivity index (χ2v) is 14.2. The summed E-state index contributed by atoms with van der Waals surface area (Å²) in [5.74, 6) is -0.678. The lowest BCUT2D eigenvalue weighted by atomic mass is 10.0. The third-order valence-corrected chi connectivity index (χ3v) is 10.5. The molecule has 8 heteroatoms. The van der Waals surface area contributed by atoms with Crippen LogP contribution in [0.1, 0.15) is 53.5 Å². The van der Waals surface area contributed by atoms with E-state index in [1.807, 2.05) is 87.5 Å². The van der Waals surface area contributed by atoms with Crippen LogP contribution in [0.25, 0.3) is 0 Å². The first kappa shape index (κ1) is 32.9. The quantitative estimate of drug-likeness (QED) is 0.192. The number of amides is 2. The molecule has 1 aliphatic carbocycles. The molecule has 1 saturated carbocycles. The highest BCUT2D eigenvalue weighted by molar-refractivity contribution is 7.92. The first-order valence-electron chi connectivity index (χ1n) is 16.0. The Bertz CT molecular complexity index is 1740. The minimum atomic E-state index is -4.13. The van der Waals surface area contributed by atoms with Gasteiger partial charge in [-0.15, -0.1) is 0 Å². The highest BCUT2D eigenvalue weighted by Crippen LogP contribution is 2.29. The van der Waals surface area contributed by atoms with Crippen molar-refractivity contribution in [1.82, 2.24) is 10.2 Å². The van der Waals surface area contributed by atoms with Crippen molar-refractivity contribution in [1.29, 1.82) is 0 Å². The number of anilines is 1. The summed E-state index contributed by atoms with van der Waals surface area (Å²) in [6.45, 7) is 5.47. The number of nitrogens with zero attached hydrogens (tertiary/aromatic N) is 2. The summed E-state index contributed by atoms with van der Waals surface area (Å²) in [5.41, 5.74) is 4.99. The maximum Gasteiger partial charge on any atom is 0.264 e. The molecule has 240 valence electrons. The van der Waals surface area contributed by atoms with Crippen LogP contribution in [0.15, 0.2) is 108 Å². The van der Waals surface area contributed by atoms with Crippen molar-refractivity contribution in [3.63, 3.8) is 0 Å². The Morgan fingerprint density at radius 3 is 2.02 bits per heavy atom. The molecule has 1 fully saturated rings. The minimum Gasteiger partial charge on any atom is -0.352 e. The van der Waals surface area contributed by atoms with Gasteiger partial charge in [0.2, 0.25) is 11.8 Å². The van der Waals surface area contributed by atoms with E-state index in [9.17, 15) is 18.0 Å². The summed E-state index contributed by atoms with van der Waals surface area (Å²) in [5, 5.41) is 3.22. The van der Waals surface area contributed by atoms with Crippen LogP contribution in [0.5, 0.6) is 0 Å².